The van der Waals surface area contributed by atoms with E-state index in [-0.39, 0.29) is 6.04 Å². The third-order valence-electron chi connectivity index (χ3n) is 3.18. The molecule has 2 heterocycles. The van der Waals surface area contributed by atoms with E-state index >= 15 is 0 Å². The van der Waals surface area contributed by atoms with Crippen LogP contribution in [-0.2, 0) is 6.42 Å². The number of halogens is 1. The highest BCUT2D eigenvalue weighted by atomic mass is 79.9. The summed E-state index contributed by atoms with van der Waals surface area (Å²) >= 11 is 3.50. The van der Waals surface area contributed by atoms with Crippen LogP contribution in [0.3, 0.4) is 0 Å². The van der Waals surface area contributed by atoms with E-state index in [1.807, 2.05) is 25.1 Å². The third-order valence-corrected chi connectivity index (χ3v) is 4.04. The number of hydrogen-bond donors (Lipinski definition) is 2. The molecular weight excluding hydrogens is 334 g/mol. The molecule has 0 saturated carbocycles. The number of nitrogens with two attached hydrogens (primary N) is 1. The molecule has 3 aromatic rings. The first kappa shape index (κ1) is 14.0. The lowest BCUT2D eigenvalue weighted by Crippen LogP contribution is -2.13. The molecule has 0 aliphatic carbocycles. The molecule has 2 aromatic heterocycles. The average molecular weight is 348 g/mol. The fourth-order valence-corrected chi connectivity index (χ4v) is 2.33. The standard InChI is InChI=1S/C14H14BrN5O/c1-8-2-3-9(4-11(8)15)13-19-14(21-20-13)12(16)5-10-6-17-7-18-10/h2-4,6-7,12H,5,16H2,1H3,(H,17,18)/t12-/m1/s1. The largest absolute Gasteiger partial charge is 0.348 e. The molecule has 0 aliphatic heterocycles. The van der Waals surface area contributed by atoms with Crippen LogP contribution >= 0.6 is 15.9 Å². The Kier molecular flexibility index (Phi) is 3.85. The van der Waals surface area contributed by atoms with Crippen LogP contribution in [0.25, 0.3) is 11.4 Å². The maximum atomic E-state index is 6.08. The Hall–Kier alpha value is -1.99. The molecule has 3 rings (SSSR count). The van der Waals surface area contributed by atoms with Crippen molar-refractivity contribution in [2.24, 2.45) is 5.73 Å². The number of rotatable bonds is 4. The minimum Gasteiger partial charge on any atom is -0.348 e. The average Bonchev–Trinajstić information content (AvgIpc) is 3.12. The van der Waals surface area contributed by atoms with Crippen molar-refractivity contribution in [3.05, 3.63) is 52.3 Å². The number of imidazole rings is 1. The number of aromatic amines is 1. The summed E-state index contributed by atoms with van der Waals surface area (Å²) < 4.78 is 6.27. The van der Waals surface area contributed by atoms with Crippen LogP contribution < -0.4 is 5.73 Å². The van der Waals surface area contributed by atoms with Crippen LogP contribution in [0.4, 0.5) is 0 Å². The predicted molar refractivity (Wildman–Crippen MR) is 81.4 cm³/mol. The summed E-state index contributed by atoms with van der Waals surface area (Å²) in [5.74, 6) is 0.946. The Morgan fingerprint density at radius 3 is 3.00 bits per heavy atom. The molecular formula is C14H14BrN5O. The van der Waals surface area contributed by atoms with Crippen molar-refractivity contribution in [2.45, 2.75) is 19.4 Å². The van der Waals surface area contributed by atoms with Crippen molar-refractivity contribution in [1.29, 1.82) is 0 Å². The molecule has 0 unspecified atom stereocenters. The smallest absolute Gasteiger partial charge is 0.244 e. The van der Waals surface area contributed by atoms with E-state index in [4.69, 9.17) is 10.3 Å². The molecule has 6 nitrogen and oxygen atoms in total. The minimum atomic E-state index is -0.361. The second-order valence-electron chi connectivity index (χ2n) is 4.81. The van der Waals surface area contributed by atoms with E-state index in [9.17, 15) is 0 Å². The first-order valence-electron chi connectivity index (χ1n) is 6.46. The summed E-state index contributed by atoms with van der Waals surface area (Å²) in [5.41, 5.74) is 9.05. The van der Waals surface area contributed by atoms with Gasteiger partial charge in [0.15, 0.2) is 0 Å². The van der Waals surface area contributed by atoms with E-state index in [1.54, 1.807) is 12.5 Å². The normalized spacial score (nSPS) is 12.5. The van der Waals surface area contributed by atoms with Gasteiger partial charge in [-0.2, -0.15) is 4.98 Å². The van der Waals surface area contributed by atoms with Gasteiger partial charge in [-0.3, -0.25) is 0 Å². The van der Waals surface area contributed by atoms with E-state index in [0.29, 0.717) is 18.1 Å². The zero-order valence-corrected chi connectivity index (χ0v) is 13.0. The van der Waals surface area contributed by atoms with Crippen LogP contribution in [0.15, 0.2) is 39.7 Å². The quantitative estimate of drug-likeness (QED) is 0.756. The highest BCUT2D eigenvalue weighted by Crippen LogP contribution is 2.24. The summed E-state index contributed by atoms with van der Waals surface area (Å²) in [5, 5.41) is 3.99. The van der Waals surface area contributed by atoms with Gasteiger partial charge in [0.05, 0.1) is 12.4 Å². The fraction of sp³-hybridized carbons (Fsp3) is 0.214. The molecule has 0 amide bonds. The highest BCUT2D eigenvalue weighted by Gasteiger charge is 2.17. The molecule has 0 spiro atoms. The molecule has 1 aromatic carbocycles. The molecule has 1 atom stereocenters. The van der Waals surface area contributed by atoms with Crippen LogP contribution in [0.1, 0.15) is 23.2 Å². The van der Waals surface area contributed by atoms with Crippen molar-refractivity contribution in [2.75, 3.05) is 0 Å². The molecule has 0 saturated heterocycles. The molecule has 0 fully saturated rings. The molecule has 108 valence electrons. The van der Waals surface area contributed by atoms with Crippen molar-refractivity contribution >= 4 is 15.9 Å². The first-order chi connectivity index (χ1) is 10.1. The van der Waals surface area contributed by atoms with E-state index in [0.717, 1.165) is 21.3 Å². The second kappa shape index (κ2) is 5.79. The molecule has 0 aliphatic rings. The summed E-state index contributed by atoms with van der Waals surface area (Å²) in [6, 6.07) is 5.56. The Balaban J connectivity index is 1.80. The lowest BCUT2D eigenvalue weighted by atomic mass is 10.1. The third kappa shape index (κ3) is 3.03. The Labute approximate surface area is 129 Å². The van der Waals surface area contributed by atoms with Gasteiger partial charge in [0.1, 0.15) is 0 Å². The maximum absolute atomic E-state index is 6.08. The first-order valence-corrected chi connectivity index (χ1v) is 7.26. The number of aryl methyl sites for hydroxylation is 1. The summed E-state index contributed by atoms with van der Waals surface area (Å²) in [7, 11) is 0. The molecule has 21 heavy (non-hydrogen) atoms. The van der Waals surface area contributed by atoms with Crippen LogP contribution in [0, 0.1) is 6.92 Å². The number of nitrogens with zero attached hydrogens (tertiary/aromatic N) is 3. The van der Waals surface area contributed by atoms with Gasteiger partial charge in [-0.15, -0.1) is 0 Å². The van der Waals surface area contributed by atoms with Gasteiger partial charge in [0.2, 0.25) is 11.7 Å². The summed E-state index contributed by atoms with van der Waals surface area (Å²) in [6.07, 6.45) is 3.92. The Morgan fingerprint density at radius 1 is 1.43 bits per heavy atom. The van der Waals surface area contributed by atoms with Crippen molar-refractivity contribution in [3.63, 3.8) is 0 Å². The van der Waals surface area contributed by atoms with Gasteiger partial charge in [-0.05, 0) is 18.6 Å². The zero-order chi connectivity index (χ0) is 14.8. The Bertz CT molecular complexity index is 738. The van der Waals surface area contributed by atoms with Gasteiger partial charge in [-0.25, -0.2) is 4.98 Å². The minimum absolute atomic E-state index is 0.361. The second-order valence-corrected chi connectivity index (χ2v) is 5.66. The number of benzene rings is 1. The summed E-state index contributed by atoms with van der Waals surface area (Å²) in [6.45, 7) is 2.02. The number of H-pyrrole nitrogens is 1. The maximum Gasteiger partial charge on any atom is 0.244 e. The van der Waals surface area contributed by atoms with Crippen LogP contribution in [0.2, 0.25) is 0 Å². The monoisotopic (exact) mass is 347 g/mol. The van der Waals surface area contributed by atoms with E-state index in [1.165, 1.54) is 0 Å². The summed E-state index contributed by atoms with van der Waals surface area (Å²) in [4.78, 5) is 11.3. The predicted octanol–water partition coefficient (Wildman–Crippen LogP) is 2.77. The zero-order valence-electron chi connectivity index (χ0n) is 11.4. The van der Waals surface area contributed by atoms with E-state index in [2.05, 4.69) is 36.0 Å². The highest BCUT2D eigenvalue weighted by molar-refractivity contribution is 9.10. The topological polar surface area (TPSA) is 93.6 Å². The van der Waals surface area contributed by atoms with Crippen molar-refractivity contribution in [3.8, 4) is 11.4 Å². The number of nitrogens with one attached hydrogen (secondary N) is 1. The van der Waals surface area contributed by atoms with Gasteiger partial charge >= 0.3 is 0 Å². The SMILES string of the molecule is Cc1ccc(-c2noc([C@H](N)Cc3cnc[nH]3)n2)cc1Br. The molecule has 0 bridgehead atoms. The number of aromatic nitrogens is 4. The van der Waals surface area contributed by atoms with Gasteiger partial charge < -0.3 is 15.2 Å². The molecule has 3 N–H and O–H groups in total. The van der Waals surface area contributed by atoms with Crippen molar-refractivity contribution < 1.29 is 4.52 Å². The lowest BCUT2D eigenvalue weighted by molar-refractivity contribution is 0.354. The van der Waals surface area contributed by atoms with Crippen molar-refractivity contribution in [1.82, 2.24) is 20.1 Å². The fourth-order valence-electron chi connectivity index (χ4n) is 1.96. The van der Waals surface area contributed by atoms with Gasteiger partial charge in [-0.1, -0.05) is 33.2 Å². The van der Waals surface area contributed by atoms with Gasteiger partial charge in [0.25, 0.3) is 0 Å². The molecule has 7 heteroatoms. The lowest BCUT2D eigenvalue weighted by Gasteiger charge is -2.03. The van der Waals surface area contributed by atoms with Crippen LogP contribution in [-0.4, -0.2) is 20.1 Å². The number of hydrogen-bond acceptors (Lipinski definition) is 5. The van der Waals surface area contributed by atoms with Gasteiger partial charge in [0, 0.05) is 28.3 Å². The molecule has 0 radical (unpaired) electrons. The van der Waals surface area contributed by atoms with Crippen LogP contribution in [0.5, 0.6) is 0 Å². The Morgan fingerprint density at radius 2 is 2.29 bits per heavy atom. The van der Waals surface area contributed by atoms with E-state index < -0.39 is 0 Å².